The zero-order valence-electron chi connectivity index (χ0n) is 12.9. The summed E-state index contributed by atoms with van der Waals surface area (Å²) in [7, 11) is -3.07. The molecule has 0 aliphatic rings. The van der Waals surface area contributed by atoms with Crippen LogP contribution in [0.4, 0.5) is 0 Å². The molecule has 1 aromatic heterocycles. The minimum Gasteiger partial charge on any atom is -0.361 e. The van der Waals surface area contributed by atoms with Gasteiger partial charge in [0.15, 0.2) is 0 Å². The smallest absolute Gasteiger partial charge is 0.220 e. The highest BCUT2D eigenvalue weighted by Crippen LogP contribution is 2.19. The number of H-pyrrole nitrogens is 1. The molecule has 2 aromatic rings. The van der Waals surface area contributed by atoms with Gasteiger partial charge < -0.3 is 10.3 Å². The number of rotatable bonds is 7. The summed E-state index contributed by atoms with van der Waals surface area (Å²) in [6.45, 7) is 1.71. The highest BCUT2D eigenvalue weighted by Gasteiger charge is 2.13. The lowest BCUT2D eigenvalue weighted by Gasteiger charge is -2.12. The van der Waals surface area contributed by atoms with E-state index >= 15 is 0 Å². The summed E-state index contributed by atoms with van der Waals surface area (Å²) in [5, 5.41) is 3.92. The first kappa shape index (κ1) is 16.5. The summed E-state index contributed by atoms with van der Waals surface area (Å²) in [6, 6.07) is 7.72. The number of carbonyl (C=O) groups is 1. The fraction of sp³-hybridized carbons (Fsp3) is 0.438. The molecule has 0 fully saturated rings. The Bertz CT molecular complexity index is 750. The predicted octanol–water partition coefficient (Wildman–Crippen LogP) is 2.04. The molecule has 0 radical (unpaired) electrons. The van der Waals surface area contributed by atoms with Gasteiger partial charge >= 0.3 is 0 Å². The molecule has 0 bridgehead atoms. The average Bonchev–Trinajstić information content (AvgIpc) is 2.80. The van der Waals surface area contributed by atoms with Crippen molar-refractivity contribution in [1.82, 2.24) is 10.3 Å². The minimum absolute atomic E-state index is 0.0266. The SMILES string of the molecule is C[C@H](CS(C)(=O)=O)NC(=O)CCCc1c[nH]c2ccccc12. The highest BCUT2D eigenvalue weighted by molar-refractivity contribution is 7.90. The van der Waals surface area contributed by atoms with Crippen LogP contribution in [0, 0.1) is 0 Å². The fourth-order valence-electron chi connectivity index (χ4n) is 2.62. The maximum absolute atomic E-state index is 11.8. The molecule has 0 spiro atoms. The second-order valence-corrected chi connectivity index (χ2v) is 7.96. The number of nitrogens with one attached hydrogen (secondary N) is 2. The van der Waals surface area contributed by atoms with Gasteiger partial charge in [0, 0.05) is 35.8 Å². The van der Waals surface area contributed by atoms with Gasteiger partial charge in [-0.25, -0.2) is 8.42 Å². The van der Waals surface area contributed by atoms with Gasteiger partial charge in [0.05, 0.1) is 5.75 Å². The van der Waals surface area contributed by atoms with E-state index in [0.29, 0.717) is 6.42 Å². The van der Waals surface area contributed by atoms with Crippen LogP contribution in [-0.4, -0.2) is 37.4 Å². The lowest BCUT2D eigenvalue weighted by molar-refractivity contribution is -0.121. The molecule has 2 rings (SSSR count). The second kappa shape index (κ2) is 6.96. The number of carbonyl (C=O) groups excluding carboxylic acids is 1. The predicted molar refractivity (Wildman–Crippen MR) is 88.6 cm³/mol. The molecule has 1 aromatic carbocycles. The van der Waals surface area contributed by atoms with E-state index in [-0.39, 0.29) is 17.7 Å². The summed E-state index contributed by atoms with van der Waals surface area (Å²) in [5.74, 6) is -0.128. The lowest BCUT2D eigenvalue weighted by Crippen LogP contribution is -2.37. The van der Waals surface area contributed by atoms with E-state index in [4.69, 9.17) is 0 Å². The molecule has 5 nitrogen and oxygen atoms in total. The van der Waals surface area contributed by atoms with E-state index in [1.807, 2.05) is 24.4 Å². The van der Waals surface area contributed by atoms with Gasteiger partial charge in [-0.2, -0.15) is 0 Å². The number of hydrogen-bond acceptors (Lipinski definition) is 3. The molecule has 0 aliphatic heterocycles. The zero-order chi connectivity index (χ0) is 16.2. The molecule has 0 unspecified atom stereocenters. The zero-order valence-corrected chi connectivity index (χ0v) is 13.7. The van der Waals surface area contributed by atoms with Crippen LogP contribution in [0.3, 0.4) is 0 Å². The van der Waals surface area contributed by atoms with Gasteiger partial charge in [-0.3, -0.25) is 4.79 Å². The third-order valence-corrected chi connectivity index (χ3v) is 4.59. The number of aryl methyl sites for hydroxylation is 1. The maximum atomic E-state index is 11.8. The van der Waals surface area contributed by atoms with Crippen molar-refractivity contribution in [2.45, 2.75) is 32.2 Å². The molecule has 0 saturated carbocycles. The maximum Gasteiger partial charge on any atom is 0.220 e. The number of hydrogen-bond donors (Lipinski definition) is 2. The third-order valence-electron chi connectivity index (χ3n) is 3.49. The van der Waals surface area contributed by atoms with Crippen molar-refractivity contribution in [2.75, 3.05) is 12.0 Å². The first-order chi connectivity index (χ1) is 10.3. The standard InChI is InChI=1S/C16H22N2O3S/c1-12(11-22(2,20)21)18-16(19)9-5-6-13-10-17-15-8-4-3-7-14(13)15/h3-4,7-8,10,12,17H,5-6,9,11H2,1-2H3,(H,18,19)/t12-/m1/s1. The van der Waals surface area contributed by atoms with Gasteiger partial charge in [0.25, 0.3) is 0 Å². The van der Waals surface area contributed by atoms with Crippen molar-refractivity contribution in [3.05, 3.63) is 36.0 Å². The van der Waals surface area contributed by atoms with Crippen LogP contribution < -0.4 is 5.32 Å². The normalized spacial score (nSPS) is 13.2. The monoisotopic (exact) mass is 322 g/mol. The van der Waals surface area contributed by atoms with Crippen molar-refractivity contribution in [1.29, 1.82) is 0 Å². The molecular formula is C16H22N2O3S. The van der Waals surface area contributed by atoms with Crippen LogP contribution in [0.25, 0.3) is 10.9 Å². The van der Waals surface area contributed by atoms with Crippen LogP contribution in [0.1, 0.15) is 25.3 Å². The number of amides is 1. The summed E-state index contributed by atoms with van der Waals surface area (Å²) in [6.07, 6.45) is 5.10. The second-order valence-electron chi connectivity index (χ2n) is 5.77. The Hall–Kier alpha value is -1.82. The molecule has 2 N–H and O–H groups in total. The molecule has 1 heterocycles. The number of aromatic amines is 1. The lowest BCUT2D eigenvalue weighted by atomic mass is 10.1. The van der Waals surface area contributed by atoms with Crippen molar-refractivity contribution in [3.63, 3.8) is 0 Å². The van der Waals surface area contributed by atoms with Crippen LogP contribution in [0.5, 0.6) is 0 Å². The van der Waals surface area contributed by atoms with Gasteiger partial charge in [-0.15, -0.1) is 0 Å². The molecule has 1 atom stereocenters. The molecule has 6 heteroatoms. The van der Waals surface area contributed by atoms with E-state index < -0.39 is 9.84 Å². The molecule has 0 saturated heterocycles. The van der Waals surface area contributed by atoms with Crippen molar-refractivity contribution < 1.29 is 13.2 Å². The van der Waals surface area contributed by atoms with Crippen molar-refractivity contribution in [3.8, 4) is 0 Å². The summed E-state index contributed by atoms with van der Waals surface area (Å²) in [4.78, 5) is 15.0. The van der Waals surface area contributed by atoms with E-state index in [0.717, 1.165) is 18.4 Å². The average molecular weight is 322 g/mol. The topological polar surface area (TPSA) is 79.0 Å². The quantitative estimate of drug-likeness (QED) is 0.819. The van der Waals surface area contributed by atoms with Crippen LogP contribution >= 0.6 is 0 Å². The highest BCUT2D eigenvalue weighted by atomic mass is 32.2. The largest absolute Gasteiger partial charge is 0.361 e. The first-order valence-corrected chi connectivity index (χ1v) is 9.43. The summed E-state index contributed by atoms with van der Waals surface area (Å²) < 4.78 is 22.3. The third kappa shape index (κ3) is 4.87. The van der Waals surface area contributed by atoms with Crippen LogP contribution in [-0.2, 0) is 21.1 Å². The Balaban J connectivity index is 1.80. The number of fused-ring (bicyclic) bond motifs is 1. The fourth-order valence-corrected chi connectivity index (χ4v) is 3.61. The van der Waals surface area contributed by atoms with Crippen molar-refractivity contribution in [2.24, 2.45) is 0 Å². The first-order valence-electron chi connectivity index (χ1n) is 7.37. The molecule has 22 heavy (non-hydrogen) atoms. The summed E-state index contributed by atoms with van der Waals surface area (Å²) >= 11 is 0. The number of para-hydroxylation sites is 1. The Labute approximate surface area is 131 Å². The molecular weight excluding hydrogens is 300 g/mol. The van der Waals surface area contributed by atoms with Gasteiger partial charge in [0.1, 0.15) is 9.84 Å². The molecule has 120 valence electrons. The van der Waals surface area contributed by atoms with E-state index in [9.17, 15) is 13.2 Å². The van der Waals surface area contributed by atoms with Crippen molar-refractivity contribution >= 4 is 26.6 Å². The van der Waals surface area contributed by atoms with E-state index in [1.54, 1.807) is 6.92 Å². The molecule has 1 amide bonds. The van der Waals surface area contributed by atoms with Gasteiger partial charge in [-0.1, -0.05) is 18.2 Å². The van der Waals surface area contributed by atoms with E-state index in [2.05, 4.69) is 16.4 Å². The number of benzene rings is 1. The Morgan fingerprint density at radius 2 is 2.05 bits per heavy atom. The number of aromatic nitrogens is 1. The minimum atomic E-state index is -3.07. The Morgan fingerprint density at radius 1 is 1.32 bits per heavy atom. The number of sulfone groups is 1. The van der Waals surface area contributed by atoms with Gasteiger partial charge in [0.2, 0.25) is 5.91 Å². The van der Waals surface area contributed by atoms with Crippen LogP contribution in [0.15, 0.2) is 30.5 Å². The Morgan fingerprint density at radius 3 is 2.77 bits per heavy atom. The Kier molecular flexibility index (Phi) is 5.24. The van der Waals surface area contributed by atoms with E-state index in [1.165, 1.54) is 17.2 Å². The van der Waals surface area contributed by atoms with Gasteiger partial charge in [-0.05, 0) is 31.4 Å². The summed E-state index contributed by atoms with van der Waals surface area (Å²) in [5.41, 5.74) is 2.30. The molecule has 0 aliphatic carbocycles. The van der Waals surface area contributed by atoms with Crippen LogP contribution in [0.2, 0.25) is 0 Å².